The number of aromatic nitrogens is 2. The van der Waals surface area contributed by atoms with E-state index in [1.165, 1.54) is 40.6 Å². The van der Waals surface area contributed by atoms with Gasteiger partial charge in [-0.25, -0.2) is 0 Å². The number of aromatic amines is 1. The summed E-state index contributed by atoms with van der Waals surface area (Å²) >= 11 is 2.30. The molecule has 10 heavy (non-hydrogen) atoms. The van der Waals surface area contributed by atoms with Crippen LogP contribution >= 0.6 is 22.6 Å². The van der Waals surface area contributed by atoms with Crippen molar-refractivity contribution in [3.63, 3.8) is 0 Å². The Bertz CT molecular complexity index is 242. The molecule has 0 atom stereocenters. The molecule has 2 nitrogen and oxygen atoms in total. The quantitative estimate of drug-likeness (QED) is 0.698. The number of nitrogens with zero attached hydrogens (tertiary/aromatic N) is 1. The van der Waals surface area contributed by atoms with Crippen molar-refractivity contribution in [2.75, 3.05) is 0 Å². The second-order valence-corrected chi connectivity index (χ2v) is 3.70. The molecule has 0 spiro atoms. The van der Waals surface area contributed by atoms with Crippen LogP contribution in [-0.2, 0) is 12.8 Å². The predicted octanol–water partition coefficient (Wildman–Crippen LogP) is 1.89. The van der Waals surface area contributed by atoms with Crippen molar-refractivity contribution < 1.29 is 0 Å². The Labute approximate surface area is 73.5 Å². The van der Waals surface area contributed by atoms with E-state index in [2.05, 4.69) is 32.8 Å². The minimum atomic E-state index is 1.17. The number of fused-ring (bicyclic) bond motifs is 1. The topological polar surface area (TPSA) is 28.7 Å². The molecule has 1 aliphatic carbocycles. The summed E-state index contributed by atoms with van der Waals surface area (Å²) in [4.78, 5) is 0. The average molecular weight is 248 g/mol. The Hall–Kier alpha value is -0.0600. The first kappa shape index (κ1) is 6.64. The molecule has 0 bridgehead atoms. The molecule has 0 aliphatic heterocycles. The van der Waals surface area contributed by atoms with Crippen molar-refractivity contribution in [2.45, 2.75) is 25.7 Å². The van der Waals surface area contributed by atoms with Crippen LogP contribution in [0.4, 0.5) is 0 Å². The lowest BCUT2D eigenvalue weighted by Gasteiger charge is -2.08. The van der Waals surface area contributed by atoms with Crippen LogP contribution in [0, 0.1) is 3.70 Å². The highest BCUT2D eigenvalue weighted by molar-refractivity contribution is 14.1. The van der Waals surface area contributed by atoms with Gasteiger partial charge in [0.1, 0.15) is 3.70 Å². The van der Waals surface area contributed by atoms with E-state index in [9.17, 15) is 0 Å². The van der Waals surface area contributed by atoms with Gasteiger partial charge in [0.15, 0.2) is 0 Å². The lowest BCUT2D eigenvalue weighted by Crippen LogP contribution is -2.00. The fourth-order valence-corrected chi connectivity index (χ4v) is 2.16. The Morgan fingerprint density at radius 3 is 2.90 bits per heavy atom. The van der Waals surface area contributed by atoms with Gasteiger partial charge in [-0.1, -0.05) is 0 Å². The van der Waals surface area contributed by atoms with Crippen molar-refractivity contribution in [3.05, 3.63) is 15.0 Å². The summed E-state index contributed by atoms with van der Waals surface area (Å²) in [5.74, 6) is 0. The largest absolute Gasteiger partial charge is 0.281 e. The van der Waals surface area contributed by atoms with Crippen LogP contribution in [0.2, 0.25) is 0 Å². The normalized spacial score (nSPS) is 16.9. The third-order valence-corrected chi connectivity index (χ3v) is 2.90. The van der Waals surface area contributed by atoms with Gasteiger partial charge in [-0.05, 0) is 48.3 Å². The second kappa shape index (κ2) is 2.53. The minimum absolute atomic E-state index is 1.17. The predicted molar refractivity (Wildman–Crippen MR) is 47.9 cm³/mol. The van der Waals surface area contributed by atoms with Crippen LogP contribution in [-0.4, -0.2) is 10.2 Å². The molecule has 2 rings (SSSR count). The molecule has 3 heteroatoms. The maximum atomic E-state index is 4.16. The molecule has 1 N–H and O–H groups in total. The highest BCUT2D eigenvalue weighted by Gasteiger charge is 2.13. The molecular weight excluding hydrogens is 239 g/mol. The smallest absolute Gasteiger partial charge is 0.126 e. The standard InChI is InChI=1S/C7H9IN2/c8-7-5-3-1-2-4-6(5)9-10-7/h1-4H2,(H,9,10). The van der Waals surface area contributed by atoms with E-state index >= 15 is 0 Å². The zero-order chi connectivity index (χ0) is 6.97. The molecule has 0 unspecified atom stereocenters. The lowest BCUT2D eigenvalue weighted by atomic mass is 9.99. The van der Waals surface area contributed by atoms with Gasteiger partial charge in [-0.3, -0.25) is 5.10 Å². The minimum Gasteiger partial charge on any atom is -0.281 e. The van der Waals surface area contributed by atoms with Gasteiger partial charge in [0, 0.05) is 11.3 Å². The first-order chi connectivity index (χ1) is 4.88. The Balaban J connectivity index is 2.45. The van der Waals surface area contributed by atoms with E-state index in [1.54, 1.807) is 0 Å². The van der Waals surface area contributed by atoms with Crippen molar-refractivity contribution in [3.8, 4) is 0 Å². The highest BCUT2D eigenvalue weighted by Crippen LogP contribution is 2.22. The molecular formula is C7H9IN2. The monoisotopic (exact) mass is 248 g/mol. The maximum absolute atomic E-state index is 4.16. The van der Waals surface area contributed by atoms with E-state index in [0.29, 0.717) is 0 Å². The number of halogens is 1. The van der Waals surface area contributed by atoms with Gasteiger partial charge in [0.05, 0.1) is 0 Å². The van der Waals surface area contributed by atoms with E-state index in [1.807, 2.05) is 0 Å². The molecule has 0 aromatic carbocycles. The summed E-state index contributed by atoms with van der Waals surface area (Å²) in [5.41, 5.74) is 2.84. The van der Waals surface area contributed by atoms with Gasteiger partial charge >= 0.3 is 0 Å². The highest BCUT2D eigenvalue weighted by atomic mass is 127. The van der Waals surface area contributed by atoms with E-state index in [-0.39, 0.29) is 0 Å². The Morgan fingerprint density at radius 1 is 1.30 bits per heavy atom. The average Bonchev–Trinajstić information content (AvgIpc) is 2.34. The van der Waals surface area contributed by atoms with Crippen LogP contribution in [0.15, 0.2) is 0 Å². The maximum Gasteiger partial charge on any atom is 0.126 e. The molecule has 1 aromatic heterocycles. The summed E-state index contributed by atoms with van der Waals surface area (Å²) in [6, 6.07) is 0. The lowest BCUT2D eigenvalue weighted by molar-refractivity contribution is 0.674. The Morgan fingerprint density at radius 2 is 2.10 bits per heavy atom. The molecule has 1 heterocycles. The van der Waals surface area contributed by atoms with Gasteiger partial charge in [0.2, 0.25) is 0 Å². The summed E-state index contributed by atoms with van der Waals surface area (Å²) in [5, 5.41) is 7.23. The van der Waals surface area contributed by atoms with Crippen molar-refractivity contribution in [1.82, 2.24) is 10.2 Å². The van der Waals surface area contributed by atoms with Gasteiger partial charge in [-0.15, -0.1) is 0 Å². The number of rotatable bonds is 0. The summed E-state index contributed by atoms with van der Waals surface area (Å²) in [6.07, 6.45) is 5.09. The molecule has 0 amide bonds. The van der Waals surface area contributed by atoms with Crippen molar-refractivity contribution in [2.24, 2.45) is 0 Å². The first-order valence-corrected chi connectivity index (χ1v) is 4.67. The van der Waals surface area contributed by atoms with Crippen LogP contribution in [0.25, 0.3) is 0 Å². The van der Waals surface area contributed by atoms with Gasteiger partial charge < -0.3 is 0 Å². The van der Waals surface area contributed by atoms with Gasteiger partial charge in [-0.2, -0.15) is 5.10 Å². The van der Waals surface area contributed by atoms with Crippen LogP contribution in [0.1, 0.15) is 24.1 Å². The molecule has 0 radical (unpaired) electrons. The summed E-state index contributed by atoms with van der Waals surface area (Å²) in [7, 11) is 0. The zero-order valence-electron chi connectivity index (χ0n) is 5.65. The number of H-pyrrole nitrogens is 1. The Kier molecular flexibility index (Phi) is 1.68. The van der Waals surface area contributed by atoms with Gasteiger partial charge in [0.25, 0.3) is 0 Å². The van der Waals surface area contributed by atoms with E-state index in [4.69, 9.17) is 0 Å². The number of hydrogen-bond donors (Lipinski definition) is 1. The van der Waals surface area contributed by atoms with Crippen molar-refractivity contribution in [1.29, 1.82) is 0 Å². The molecule has 1 aromatic rings. The van der Waals surface area contributed by atoms with E-state index in [0.717, 1.165) is 0 Å². The molecule has 54 valence electrons. The van der Waals surface area contributed by atoms with E-state index < -0.39 is 0 Å². The number of hydrogen-bond acceptors (Lipinski definition) is 1. The third-order valence-electron chi connectivity index (χ3n) is 2.01. The van der Waals surface area contributed by atoms with Crippen LogP contribution < -0.4 is 0 Å². The first-order valence-electron chi connectivity index (χ1n) is 3.59. The second-order valence-electron chi connectivity index (χ2n) is 2.68. The van der Waals surface area contributed by atoms with Crippen LogP contribution in [0.3, 0.4) is 0 Å². The molecule has 0 saturated carbocycles. The number of aryl methyl sites for hydroxylation is 1. The molecule has 0 fully saturated rings. The van der Waals surface area contributed by atoms with Crippen LogP contribution in [0.5, 0.6) is 0 Å². The molecule has 0 saturated heterocycles. The fraction of sp³-hybridized carbons (Fsp3) is 0.571. The summed E-state index contributed by atoms with van der Waals surface area (Å²) in [6.45, 7) is 0. The molecule has 1 aliphatic rings. The fourth-order valence-electron chi connectivity index (χ4n) is 1.44. The van der Waals surface area contributed by atoms with Crippen molar-refractivity contribution >= 4 is 22.6 Å². The third kappa shape index (κ3) is 0.962. The zero-order valence-corrected chi connectivity index (χ0v) is 7.81. The summed E-state index contributed by atoms with van der Waals surface area (Å²) < 4.78 is 1.17. The number of nitrogens with one attached hydrogen (secondary N) is 1. The SMILES string of the molecule is Ic1n[nH]c2c1CCCC2.